The first-order valence-corrected chi connectivity index (χ1v) is 7.99. The zero-order valence-electron chi connectivity index (χ0n) is 13.2. The highest BCUT2D eigenvalue weighted by Crippen LogP contribution is 2.43. The van der Waals surface area contributed by atoms with Crippen molar-refractivity contribution in [3.8, 4) is 17.1 Å². The second-order valence-electron chi connectivity index (χ2n) is 5.98. The van der Waals surface area contributed by atoms with Crippen LogP contribution in [-0.4, -0.2) is 23.2 Å². The lowest BCUT2D eigenvalue weighted by molar-refractivity contribution is 0.0811. The molecule has 2 aromatic heterocycles. The Morgan fingerprint density at radius 1 is 1.17 bits per heavy atom. The van der Waals surface area contributed by atoms with Gasteiger partial charge in [0.1, 0.15) is 23.0 Å². The number of carbonyl (C=O) groups excluding carboxylic acids is 2. The van der Waals surface area contributed by atoms with Crippen molar-refractivity contribution in [3.63, 3.8) is 0 Å². The van der Waals surface area contributed by atoms with E-state index in [0.717, 1.165) is 42.6 Å². The third kappa shape index (κ3) is 1.89. The fourth-order valence-electron chi connectivity index (χ4n) is 3.54. The van der Waals surface area contributed by atoms with Gasteiger partial charge in [-0.15, -0.1) is 0 Å². The molecular formula is C18H17NO4. The molecule has 0 N–H and O–H groups in total. The smallest absolute Gasteiger partial charge is 0.252 e. The highest BCUT2D eigenvalue weighted by molar-refractivity contribution is 6.52. The SMILES string of the molecule is CCOc1cnc2c(c1C)-c1oc3c(c1C(=O)C2=O)CCCC3. The first-order valence-electron chi connectivity index (χ1n) is 7.99. The Morgan fingerprint density at radius 3 is 2.74 bits per heavy atom. The minimum Gasteiger partial charge on any atom is -0.492 e. The van der Waals surface area contributed by atoms with Crippen molar-refractivity contribution < 1.29 is 18.7 Å². The summed E-state index contributed by atoms with van der Waals surface area (Å²) in [6, 6.07) is 0. The third-order valence-corrected chi connectivity index (χ3v) is 4.64. The van der Waals surface area contributed by atoms with Crippen LogP contribution in [0.15, 0.2) is 10.6 Å². The lowest BCUT2D eigenvalue weighted by atomic mass is 9.85. The molecule has 5 nitrogen and oxygen atoms in total. The maximum Gasteiger partial charge on any atom is 0.252 e. The van der Waals surface area contributed by atoms with Gasteiger partial charge in [0.15, 0.2) is 0 Å². The van der Waals surface area contributed by atoms with Gasteiger partial charge in [-0.1, -0.05) is 0 Å². The van der Waals surface area contributed by atoms with E-state index < -0.39 is 11.6 Å². The van der Waals surface area contributed by atoms with E-state index in [1.54, 1.807) is 0 Å². The van der Waals surface area contributed by atoms with Gasteiger partial charge in [-0.3, -0.25) is 9.59 Å². The Balaban J connectivity index is 2.02. The maximum absolute atomic E-state index is 12.6. The molecule has 0 radical (unpaired) electrons. The lowest BCUT2D eigenvalue weighted by Crippen LogP contribution is -2.24. The first-order chi connectivity index (χ1) is 11.1. The van der Waals surface area contributed by atoms with Crippen molar-refractivity contribution in [1.29, 1.82) is 0 Å². The number of furan rings is 1. The van der Waals surface area contributed by atoms with Crippen LogP contribution in [0.25, 0.3) is 11.3 Å². The van der Waals surface area contributed by atoms with Crippen molar-refractivity contribution in [3.05, 3.63) is 34.3 Å². The van der Waals surface area contributed by atoms with E-state index in [1.807, 2.05) is 13.8 Å². The maximum atomic E-state index is 12.6. The summed E-state index contributed by atoms with van der Waals surface area (Å²) in [4.78, 5) is 29.2. The molecule has 0 spiro atoms. The molecular weight excluding hydrogens is 294 g/mol. The van der Waals surface area contributed by atoms with Gasteiger partial charge in [-0.05, 0) is 33.1 Å². The van der Waals surface area contributed by atoms with Gasteiger partial charge in [0.25, 0.3) is 5.78 Å². The average Bonchev–Trinajstić information content (AvgIpc) is 2.94. The third-order valence-electron chi connectivity index (χ3n) is 4.64. The normalized spacial score (nSPS) is 15.9. The summed E-state index contributed by atoms with van der Waals surface area (Å²) in [5.74, 6) is 0.927. The van der Waals surface area contributed by atoms with Crippen molar-refractivity contribution in [2.75, 3.05) is 6.61 Å². The second kappa shape index (κ2) is 5.05. The monoisotopic (exact) mass is 311 g/mol. The molecule has 2 heterocycles. The zero-order valence-corrected chi connectivity index (χ0v) is 13.2. The van der Waals surface area contributed by atoms with Crippen molar-refractivity contribution in [2.45, 2.75) is 39.5 Å². The summed E-state index contributed by atoms with van der Waals surface area (Å²) >= 11 is 0. The second-order valence-corrected chi connectivity index (χ2v) is 5.98. The molecule has 0 saturated carbocycles. The Kier molecular flexibility index (Phi) is 3.11. The van der Waals surface area contributed by atoms with Gasteiger partial charge in [-0.2, -0.15) is 0 Å². The molecule has 2 aliphatic rings. The van der Waals surface area contributed by atoms with Gasteiger partial charge in [0.05, 0.1) is 23.9 Å². The molecule has 23 heavy (non-hydrogen) atoms. The van der Waals surface area contributed by atoms with Crippen LogP contribution < -0.4 is 4.74 Å². The van der Waals surface area contributed by atoms with E-state index in [0.29, 0.717) is 29.2 Å². The Bertz CT molecular complexity index is 847. The summed E-state index contributed by atoms with van der Waals surface area (Å²) in [7, 11) is 0. The Hall–Kier alpha value is -2.43. The fourth-order valence-corrected chi connectivity index (χ4v) is 3.54. The molecule has 0 bridgehead atoms. The largest absolute Gasteiger partial charge is 0.492 e. The average molecular weight is 311 g/mol. The topological polar surface area (TPSA) is 69.4 Å². The number of ether oxygens (including phenoxy) is 1. The highest BCUT2D eigenvalue weighted by atomic mass is 16.5. The fraction of sp³-hybridized carbons (Fsp3) is 0.389. The predicted octanol–water partition coefficient (Wildman–Crippen LogP) is 3.31. The molecule has 5 heteroatoms. The Morgan fingerprint density at radius 2 is 1.96 bits per heavy atom. The molecule has 2 aromatic rings. The van der Waals surface area contributed by atoms with Crippen LogP contribution in [0.2, 0.25) is 0 Å². The van der Waals surface area contributed by atoms with Gasteiger partial charge < -0.3 is 9.15 Å². The molecule has 4 rings (SSSR count). The van der Waals surface area contributed by atoms with Crippen molar-refractivity contribution >= 4 is 11.6 Å². The molecule has 0 atom stereocenters. The summed E-state index contributed by atoms with van der Waals surface area (Å²) in [5, 5.41) is 0. The van der Waals surface area contributed by atoms with Crippen LogP contribution in [0.4, 0.5) is 0 Å². The number of rotatable bonds is 2. The minimum absolute atomic E-state index is 0.176. The number of aromatic nitrogens is 1. The number of Topliss-reactive ketones (excluding diaryl/α,β-unsaturated/α-hetero) is 2. The molecule has 0 unspecified atom stereocenters. The van der Waals surface area contributed by atoms with Crippen LogP contribution in [0.1, 0.15) is 57.5 Å². The molecule has 0 aromatic carbocycles. The number of carbonyl (C=O) groups is 2. The van der Waals surface area contributed by atoms with E-state index in [-0.39, 0.29) is 5.69 Å². The van der Waals surface area contributed by atoms with Crippen LogP contribution in [0, 0.1) is 6.92 Å². The number of fused-ring (bicyclic) bond motifs is 5. The summed E-state index contributed by atoms with van der Waals surface area (Å²) < 4.78 is 11.6. The highest BCUT2D eigenvalue weighted by Gasteiger charge is 2.40. The van der Waals surface area contributed by atoms with E-state index in [2.05, 4.69) is 4.98 Å². The number of ketones is 2. The molecule has 0 fully saturated rings. The molecule has 0 aliphatic heterocycles. The Labute approximate surface area is 133 Å². The van der Waals surface area contributed by atoms with Crippen LogP contribution in [0.3, 0.4) is 0 Å². The number of hydrogen-bond acceptors (Lipinski definition) is 5. The van der Waals surface area contributed by atoms with E-state index in [1.165, 1.54) is 6.20 Å². The van der Waals surface area contributed by atoms with Crippen molar-refractivity contribution in [2.24, 2.45) is 0 Å². The molecule has 0 saturated heterocycles. The molecule has 0 amide bonds. The van der Waals surface area contributed by atoms with Crippen LogP contribution >= 0.6 is 0 Å². The number of hydrogen-bond donors (Lipinski definition) is 0. The van der Waals surface area contributed by atoms with Gasteiger partial charge in [0.2, 0.25) is 5.78 Å². The predicted molar refractivity (Wildman–Crippen MR) is 83.1 cm³/mol. The van der Waals surface area contributed by atoms with Crippen LogP contribution in [-0.2, 0) is 12.8 Å². The van der Waals surface area contributed by atoms with Gasteiger partial charge >= 0.3 is 0 Å². The molecule has 118 valence electrons. The lowest BCUT2D eigenvalue weighted by Gasteiger charge is -2.17. The van der Waals surface area contributed by atoms with E-state index >= 15 is 0 Å². The van der Waals surface area contributed by atoms with Gasteiger partial charge in [0, 0.05) is 17.5 Å². The summed E-state index contributed by atoms with van der Waals surface area (Å²) in [6.45, 7) is 4.28. The summed E-state index contributed by atoms with van der Waals surface area (Å²) in [5.41, 5.74) is 2.96. The van der Waals surface area contributed by atoms with Crippen LogP contribution in [0.5, 0.6) is 5.75 Å². The quantitative estimate of drug-likeness (QED) is 0.796. The summed E-state index contributed by atoms with van der Waals surface area (Å²) in [6.07, 6.45) is 5.18. The number of aryl methyl sites for hydroxylation is 1. The number of nitrogens with zero attached hydrogens (tertiary/aromatic N) is 1. The standard InChI is InChI=1S/C18H17NO4/c1-3-22-12-8-19-15-13(9(12)2)18-14(16(20)17(15)21)10-6-4-5-7-11(10)23-18/h8H,3-7H2,1-2H3. The van der Waals surface area contributed by atoms with Gasteiger partial charge in [-0.25, -0.2) is 4.98 Å². The minimum atomic E-state index is -0.548. The van der Waals surface area contributed by atoms with E-state index in [9.17, 15) is 9.59 Å². The first kappa shape index (κ1) is 14.2. The molecule has 2 aliphatic carbocycles. The van der Waals surface area contributed by atoms with E-state index in [4.69, 9.17) is 9.15 Å². The zero-order chi connectivity index (χ0) is 16.1. The number of pyridine rings is 1. The van der Waals surface area contributed by atoms with Crippen molar-refractivity contribution in [1.82, 2.24) is 4.98 Å².